The van der Waals surface area contributed by atoms with E-state index in [-0.39, 0.29) is 0 Å². The van der Waals surface area contributed by atoms with Gasteiger partial charge >= 0.3 is 0 Å². The molecule has 0 aliphatic heterocycles. The van der Waals surface area contributed by atoms with Crippen LogP contribution in [0.2, 0.25) is 0 Å². The molecule has 1 N–H and O–H groups in total. The van der Waals surface area contributed by atoms with E-state index >= 15 is 0 Å². The van der Waals surface area contributed by atoms with Gasteiger partial charge in [0, 0.05) is 18.3 Å². The molecule has 3 heteroatoms. The number of fused-ring (bicyclic) bond motifs is 1. The Hall–Kier alpha value is -2.03. The molecule has 0 fully saturated rings. The second kappa shape index (κ2) is 6.61. The monoisotopic (exact) mass is 282 g/mol. The van der Waals surface area contributed by atoms with Gasteiger partial charge in [0.1, 0.15) is 18.2 Å². The van der Waals surface area contributed by atoms with Crippen LogP contribution in [0.25, 0.3) is 0 Å². The zero-order valence-electron chi connectivity index (χ0n) is 12.6. The highest BCUT2D eigenvalue weighted by atomic mass is 16.5. The first-order valence-corrected chi connectivity index (χ1v) is 7.79. The fourth-order valence-electron chi connectivity index (χ4n) is 2.76. The Bertz CT molecular complexity index is 610. The summed E-state index contributed by atoms with van der Waals surface area (Å²) in [6, 6.07) is 10.5. The highest BCUT2D eigenvalue weighted by Crippen LogP contribution is 2.26. The van der Waals surface area contributed by atoms with Gasteiger partial charge in [-0.05, 0) is 55.0 Å². The number of nitrogens with one attached hydrogen (secondary N) is 1. The van der Waals surface area contributed by atoms with Crippen LogP contribution in [0.1, 0.15) is 36.5 Å². The zero-order valence-corrected chi connectivity index (χ0v) is 12.6. The normalized spacial score (nSPS) is 13.0. The predicted octanol–water partition coefficient (Wildman–Crippen LogP) is 3.97. The predicted molar refractivity (Wildman–Crippen MR) is 85.8 cm³/mol. The summed E-state index contributed by atoms with van der Waals surface area (Å²) in [7, 11) is 0. The SMILES string of the molecule is CCCNc1ncccc1COc1ccc2c(c1)CCC2. The maximum absolute atomic E-state index is 5.96. The van der Waals surface area contributed by atoms with Crippen LogP contribution >= 0.6 is 0 Å². The maximum atomic E-state index is 5.96. The minimum absolute atomic E-state index is 0.554. The third-order valence-electron chi connectivity index (χ3n) is 3.90. The molecule has 0 radical (unpaired) electrons. The Labute approximate surface area is 126 Å². The lowest BCUT2D eigenvalue weighted by Gasteiger charge is -2.12. The largest absolute Gasteiger partial charge is 0.489 e. The van der Waals surface area contributed by atoms with Crippen molar-refractivity contribution in [3.63, 3.8) is 0 Å². The van der Waals surface area contributed by atoms with E-state index in [0.29, 0.717) is 6.61 Å². The van der Waals surface area contributed by atoms with Gasteiger partial charge in [-0.25, -0.2) is 4.98 Å². The van der Waals surface area contributed by atoms with Crippen molar-refractivity contribution < 1.29 is 4.74 Å². The Morgan fingerprint density at radius 1 is 1.19 bits per heavy atom. The van der Waals surface area contributed by atoms with Crippen LogP contribution in [0.5, 0.6) is 5.75 Å². The lowest BCUT2D eigenvalue weighted by molar-refractivity contribution is 0.306. The van der Waals surface area contributed by atoms with E-state index in [2.05, 4.69) is 41.5 Å². The summed E-state index contributed by atoms with van der Waals surface area (Å²) in [6.07, 6.45) is 6.57. The van der Waals surface area contributed by atoms with Gasteiger partial charge in [-0.1, -0.05) is 19.1 Å². The zero-order chi connectivity index (χ0) is 14.5. The van der Waals surface area contributed by atoms with E-state index in [1.54, 1.807) is 0 Å². The van der Waals surface area contributed by atoms with Crippen molar-refractivity contribution in [2.45, 2.75) is 39.2 Å². The molecule has 0 spiro atoms. The quantitative estimate of drug-likeness (QED) is 0.870. The van der Waals surface area contributed by atoms with Gasteiger partial charge in [-0.15, -0.1) is 0 Å². The highest BCUT2D eigenvalue weighted by Gasteiger charge is 2.11. The second-order valence-corrected chi connectivity index (χ2v) is 5.51. The second-order valence-electron chi connectivity index (χ2n) is 5.51. The molecule has 1 aliphatic carbocycles. The van der Waals surface area contributed by atoms with E-state index in [1.807, 2.05) is 12.3 Å². The molecular formula is C18H22N2O. The van der Waals surface area contributed by atoms with Crippen LogP contribution in [0.4, 0.5) is 5.82 Å². The first-order chi connectivity index (χ1) is 10.4. The van der Waals surface area contributed by atoms with E-state index < -0.39 is 0 Å². The third-order valence-corrected chi connectivity index (χ3v) is 3.90. The van der Waals surface area contributed by atoms with Gasteiger partial charge in [0.25, 0.3) is 0 Å². The third kappa shape index (κ3) is 3.35. The molecule has 21 heavy (non-hydrogen) atoms. The molecule has 1 aromatic carbocycles. The Balaban J connectivity index is 1.67. The Morgan fingerprint density at radius 2 is 2.10 bits per heavy atom. The number of aromatic nitrogens is 1. The molecule has 0 bridgehead atoms. The fourth-order valence-corrected chi connectivity index (χ4v) is 2.76. The van der Waals surface area contributed by atoms with Crippen LogP contribution in [-0.4, -0.2) is 11.5 Å². The average molecular weight is 282 g/mol. The maximum Gasteiger partial charge on any atom is 0.132 e. The molecule has 0 saturated carbocycles. The van der Waals surface area contributed by atoms with E-state index in [4.69, 9.17) is 4.74 Å². The van der Waals surface area contributed by atoms with Crippen molar-refractivity contribution in [2.24, 2.45) is 0 Å². The summed E-state index contributed by atoms with van der Waals surface area (Å²) in [5.74, 6) is 1.89. The fraction of sp³-hybridized carbons (Fsp3) is 0.389. The number of ether oxygens (including phenoxy) is 1. The summed E-state index contributed by atoms with van der Waals surface area (Å²) >= 11 is 0. The topological polar surface area (TPSA) is 34.2 Å². The van der Waals surface area contributed by atoms with E-state index in [9.17, 15) is 0 Å². The standard InChI is InChI=1S/C18H22N2O/c1-2-10-19-18-16(7-4-11-20-18)13-21-17-9-8-14-5-3-6-15(14)12-17/h4,7-9,11-12H,2-3,5-6,10,13H2,1H3,(H,19,20). The molecule has 3 nitrogen and oxygen atoms in total. The first kappa shape index (κ1) is 13.9. The summed E-state index contributed by atoms with van der Waals surface area (Å²) in [6.45, 7) is 3.64. The Morgan fingerprint density at radius 3 is 3.00 bits per heavy atom. The first-order valence-electron chi connectivity index (χ1n) is 7.79. The molecule has 1 aliphatic rings. The lowest BCUT2D eigenvalue weighted by atomic mass is 10.1. The summed E-state index contributed by atoms with van der Waals surface area (Å²) in [5, 5.41) is 3.35. The number of anilines is 1. The van der Waals surface area contributed by atoms with E-state index in [1.165, 1.54) is 30.4 Å². The van der Waals surface area contributed by atoms with E-state index in [0.717, 1.165) is 30.1 Å². The summed E-state index contributed by atoms with van der Waals surface area (Å²) in [4.78, 5) is 4.40. The van der Waals surface area contributed by atoms with Crippen LogP contribution < -0.4 is 10.1 Å². The highest BCUT2D eigenvalue weighted by molar-refractivity contribution is 5.44. The molecule has 0 amide bonds. The van der Waals surface area contributed by atoms with Crippen molar-refractivity contribution in [3.05, 3.63) is 53.2 Å². The van der Waals surface area contributed by atoms with Crippen molar-refractivity contribution >= 4 is 5.82 Å². The van der Waals surface area contributed by atoms with Gasteiger partial charge in [0.2, 0.25) is 0 Å². The van der Waals surface area contributed by atoms with Crippen LogP contribution in [0.15, 0.2) is 36.5 Å². The molecule has 1 heterocycles. The molecule has 3 rings (SSSR count). The van der Waals surface area contributed by atoms with Gasteiger partial charge in [-0.2, -0.15) is 0 Å². The molecule has 0 unspecified atom stereocenters. The van der Waals surface area contributed by atoms with Crippen molar-refractivity contribution in [1.29, 1.82) is 0 Å². The molecule has 1 aromatic heterocycles. The minimum atomic E-state index is 0.554. The lowest BCUT2D eigenvalue weighted by Crippen LogP contribution is -2.07. The summed E-state index contributed by atoms with van der Waals surface area (Å²) in [5.41, 5.74) is 4.03. The number of pyridine rings is 1. The molecule has 0 saturated heterocycles. The number of hydrogen-bond acceptors (Lipinski definition) is 3. The summed E-state index contributed by atoms with van der Waals surface area (Å²) < 4.78 is 5.96. The number of nitrogens with zero attached hydrogens (tertiary/aromatic N) is 1. The number of benzene rings is 1. The average Bonchev–Trinajstić information content (AvgIpc) is 2.99. The number of aryl methyl sites for hydroxylation is 2. The van der Waals surface area contributed by atoms with Crippen LogP contribution in [-0.2, 0) is 19.4 Å². The van der Waals surface area contributed by atoms with Gasteiger partial charge in [-0.3, -0.25) is 0 Å². The van der Waals surface area contributed by atoms with Crippen molar-refractivity contribution in [1.82, 2.24) is 4.98 Å². The number of rotatable bonds is 6. The molecule has 0 atom stereocenters. The van der Waals surface area contributed by atoms with Crippen LogP contribution in [0.3, 0.4) is 0 Å². The van der Waals surface area contributed by atoms with Crippen molar-refractivity contribution in [2.75, 3.05) is 11.9 Å². The van der Waals surface area contributed by atoms with Crippen molar-refractivity contribution in [3.8, 4) is 5.75 Å². The molecular weight excluding hydrogens is 260 g/mol. The minimum Gasteiger partial charge on any atom is -0.489 e. The van der Waals surface area contributed by atoms with Crippen LogP contribution in [0, 0.1) is 0 Å². The van der Waals surface area contributed by atoms with Gasteiger partial charge in [0.05, 0.1) is 0 Å². The smallest absolute Gasteiger partial charge is 0.132 e. The Kier molecular flexibility index (Phi) is 4.39. The van der Waals surface area contributed by atoms with Gasteiger partial charge < -0.3 is 10.1 Å². The van der Waals surface area contributed by atoms with Gasteiger partial charge in [0.15, 0.2) is 0 Å². The molecule has 110 valence electrons. The number of hydrogen-bond donors (Lipinski definition) is 1. The molecule has 2 aromatic rings.